The Morgan fingerprint density at radius 2 is 2.27 bits per heavy atom. The number of pyridine rings is 1. The van der Waals surface area contributed by atoms with Gasteiger partial charge in [0.1, 0.15) is 5.75 Å². The third kappa shape index (κ3) is 3.67. The lowest BCUT2D eigenvalue weighted by molar-refractivity contribution is 0.0988. The summed E-state index contributed by atoms with van der Waals surface area (Å²) in [6.45, 7) is 4.32. The number of carbonyl (C=O) groups is 1. The average molecular weight is 208 g/mol. The summed E-state index contributed by atoms with van der Waals surface area (Å²) in [7, 11) is 1.55. The average Bonchev–Trinajstić information content (AvgIpc) is 2.26. The molecule has 0 radical (unpaired) electrons. The SMILES string of the molecule is COc1cncc(C(=O)CNC(C)C)c1. The van der Waals surface area contributed by atoms with Crippen molar-refractivity contribution in [2.75, 3.05) is 13.7 Å². The Labute approximate surface area is 89.7 Å². The highest BCUT2D eigenvalue weighted by atomic mass is 16.5. The zero-order chi connectivity index (χ0) is 11.3. The van der Waals surface area contributed by atoms with Crippen molar-refractivity contribution < 1.29 is 9.53 Å². The van der Waals surface area contributed by atoms with E-state index in [0.29, 0.717) is 23.9 Å². The highest BCUT2D eigenvalue weighted by molar-refractivity contribution is 5.97. The highest BCUT2D eigenvalue weighted by Gasteiger charge is 2.07. The predicted octanol–water partition coefficient (Wildman–Crippen LogP) is 1.27. The molecule has 4 heteroatoms. The van der Waals surface area contributed by atoms with E-state index in [1.165, 1.54) is 0 Å². The van der Waals surface area contributed by atoms with Gasteiger partial charge in [0, 0.05) is 17.8 Å². The summed E-state index contributed by atoms with van der Waals surface area (Å²) in [4.78, 5) is 15.6. The van der Waals surface area contributed by atoms with E-state index in [1.54, 1.807) is 25.6 Å². The fourth-order valence-electron chi connectivity index (χ4n) is 1.08. The van der Waals surface area contributed by atoms with Crippen LogP contribution in [-0.2, 0) is 0 Å². The summed E-state index contributed by atoms with van der Waals surface area (Å²) in [5, 5.41) is 3.06. The van der Waals surface area contributed by atoms with Crippen LogP contribution in [0.1, 0.15) is 24.2 Å². The molecule has 15 heavy (non-hydrogen) atoms. The van der Waals surface area contributed by atoms with Crippen molar-refractivity contribution in [3.8, 4) is 5.75 Å². The van der Waals surface area contributed by atoms with Gasteiger partial charge in [-0.05, 0) is 6.07 Å². The smallest absolute Gasteiger partial charge is 0.178 e. The zero-order valence-corrected chi connectivity index (χ0v) is 9.28. The molecule has 1 rings (SSSR count). The lowest BCUT2D eigenvalue weighted by atomic mass is 10.2. The number of methoxy groups -OCH3 is 1. The minimum atomic E-state index is 0.0232. The van der Waals surface area contributed by atoms with Crippen molar-refractivity contribution in [1.29, 1.82) is 0 Å². The first-order valence-electron chi connectivity index (χ1n) is 4.89. The molecule has 1 N–H and O–H groups in total. The molecular weight excluding hydrogens is 192 g/mol. The molecule has 0 amide bonds. The van der Waals surface area contributed by atoms with Crippen LogP contribution in [0, 0.1) is 0 Å². The number of ether oxygens (including phenoxy) is 1. The monoisotopic (exact) mass is 208 g/mol. The minimum Gasteiger partial charge on any atom is -0.495 e. The molecule has 1 aromatic rings. The number of ketones is 1. The van der Waals surface area contributed by atoms with E-state index in [0.717, 1.165) is 0 Å². The van der Waals surface area contributed by atoms with Crippen molar-refractivity contribution in [1.82, 2.24) is 10.3 Å². The molecule has 0 aliphatic heterocycles. The Morgan fingerprint density at radius 1 is 1.53 bits per heavy atom. The number of hydrogen-bond acceptors (Lipinski definition) is 4. The predicted molar refractivity (Wildman–Crippen MR) is 58.3 cm³/mol. The molecule has 0 aromatic carbocycles. The molecule has 1 aromatic heterocycles. The van der Waals surface area contributed by atoms with E-state index < -0.39 is 0 Å². The zero-order valence-electron chi connectivity index (χ0n) is 9.28. The molecule has 82 valence electrons. The topological polar surface area (TPSA) is 51.2 Å². The van der Waals surface area contributed by atoms with Gasteiger partial charge in [-0.15, -0.1) is 0 Å². The Kier molecular flexibility index (Phi) is 4.24. The molecule has 1 heterocycles. The molecule has 0 bridgehead atoms. The molecule has 0 spiro atoms. The first-order valence-corrected chi connectivity index (χ1v) is 4.89. The second-order valence-electron chi connectivity index (χ2n) is 3.57. The summed E-state index contributed by atoms with van der Waals surface area (Å²) in [6.07, 6.45) is 3.12. The molecule has 0 saturated carbocycles. The van der Waals surface area contributed by atoms with Crippen molar-refractivity contribution >= 4 is 5.78 Å². The third-order valence-corrected chi connectivity index (χ3v) is 1.94. The van der Waals surface area contributed by atoms with E-state index >= 15 is 0 Å². The van der Waals surface area contributed by atoms with Crippen LogP contribution >= 0.6 is 0 Å². The van der Waals surface area contributed by atoms with Gasteiger partial charge in [0.15, 0.2) is 5.78 Å². The quantitative estimate of drug-likeness (QED) is 0.740. The van der Waals surface area contributed by atoms with Crippen molar-refractivity contribution in [3.63, 3.8) is 0 Å². The summed E-state index contributed by atoms with van der Waals surface area (Å²) >= 11 is 0. The molecular formula is C11H16N2O2. The summed E-state index contributed by atoms with van der Waals surface area (Å²) in [6, 6.07) is 1.99. The highest BCUT2D eigenvalue weighted by Crippen LogP contribution is 2.10. The molecule has 0 aliphatic carbocycles. The largest absolute Gasteiger partial charge is 0.495 e. The number of Topliss-reactive ketones (excluding diaryl/α,β-unsaturated/α-hetero) is 1. The number of carbonyl (C=O) groups excluding carboxylic acids is 1. The standard InChI is InChI=1S/C11H16N2O2/c1-8(2)13-7-11(14)9-4-10(15-3)6-12-5-9/h4-6,8,13H,7H2,1-3H3. The summed E-state index contributed by atoms with van der Waals surface area (Å²) in [5.74, 6) is 0.625. The van der Waals surface area contributed by atoms with Crippen LogP contribution in [-0.4, -0.2) is 30.5 Å². The lowest BCUT2D eigenvalue weighted by Crippen LogP contribution is -2.29. The van der Waals surface area contributed by atoms with E-state index in [1.807, 2.05) is 13.8 Å². The van der Waals surface area contributed by atoms with Crippen LogP contribution in [0.4, 0.5) is 0 Å². The van der Waals surface area contributed by atoms with Gasteiger partial charge in [-0.25, -0.2) is 0 Å². The van der Waals surface area contributed by atoms with Crippen molar-refractivity contribution in [2.45, 2.75) is 19.9 Å². The van der Waals surface area contributed by atoms with E-state index in [2.05, 4.69) is 10.3 Å². The van der Waals surface area contributed by atoms with E-state index in [9.17, 15) is 4.79 Å². The van der Waals surface area contributed by atoms with Gasteiger partial charge in [0.05, 0.1) is 19.9 Å². The Hall–Kier alpha value is -1.42. The molecule has 0 fully saturated rings. The summed E-state index contributed by atoms with van der Waals surface area (Å²) < 4.78 is 5.00. The van der Waals surface area contributed by atoms with Gasteiger partial charge in [0.25, 0.3) is 0 Å². The molecule has 0 unspecified atom stereocenters. The fourth-order valence-corrected chi connectivity index (χ4v) is 1.08. The first kappa shape index (κ1) is 11.7. The van der Waals surface area contributed by atoms with Gasteiger partial charge >= 0.3 is 0 Å². The number of hydrogen-bond donors (Lipinski definition) is 1. The molecule has 4 nitrogen and oxygen atoms in total. The molecule has 0 saturated heterocycles. The van der Waals surface area contributed by atoms with Crippen molar-refractivity contribution in [3.05, 3.63) is 24.0 Å². The van der Waals surface area contributed by atoms with Crippen LogP contribution in [0.3, 0.4) is 0 Å². The second-order valence-corrected chi connectivity index (χ2v) is 3.57. The summed E-state index contributed by atoms with van der Waals surface area (Å²) in [5.41, 5.74) is 0.572. The van der Waals surface area contributed by atoms with Crippen LogP contribution in [0.5, 0.6) is 5.75 Å². The number of nitrogens with one attached hydrogen (secondary N) is 1. The van der Waals surface area contributed by atoms with E-state index in [4.69, 9.17) is 4.74 Å². The van der Waals surface area contributed by atoms with Crippen LogP contribution in [0.25, 0.3) is 0 Å². The van der Waals surface area contributed by atoms with Crippen LogP contribution in [0.15, 0.2) is 18.5 Å². The fraction of sp³-hybridized carbons (Fsp3) is 0.455. The van der Waals surface area contributed by atoms with Crippen LogP contribution < -0.4 is 10.1 Å². The lowest BCUT2D eigenvalue weighted by Gasteiger charge is -2.07. The number of aromatic nitrogens is 1. The molecule has 0 atom stereocenters. The van der Waals surface area contributed by atoms with E-state index in [-0.39, 0.29) is 5.78 Å². The Bertz CT molecular complexity index is 337. The Morgan fingerprint density at radius 3 is 2.87 bits per heavy atom. The minimum absolute atomic E-state index is 0.0232. The van der Waals surface area contributed by atoms with Gasteiger partial charge < -0.3 is 10.1 Å². The second kappa shape index (κ2) is 5.46. The Balaban J connectivity index is 2.65. The molecule has 0 aliphatic rings. The normalized spacial score (nSPS) is 10.4. The maximum absolute atomic E-state index is 11.7. The number of rotatable bonds is 5. The number of nitrogens with zero attached hydrogens (tertiary/aromatic N) is 1. The van der Waals surface area contributed by atoms with Gasteiger partial charge in [0.2, 0.25) is 0 Å². The van der Waals surface area contributed by atoms with Gasteiger partial charge in [-0.1, -0.05) is 13.8 Å². The van der Waals surface area contributed by atoms with Crippen molar-refractivity contribution in [2.24, 2.45) is 0 Å². The first-order chi connectivity index (χ1) is 7.13. The maximum Gasteiger partial charge on any atom is 0.178 e. The maximum atomic E-state index is 11.7. The third-order valence-electron chi connectivity index (χ3n) is 1.94. The van der Waals surface area contributed by atoms with Gasteiger partial charge in [-0.3, -0.25) is 9.78 Å². The van der Waals surface area contributed by atoms with Gasteiger partial charge in [-0.2, -0.15) is 0 Å². The van der Waals surface area contributed by atoms with Crippen LogP contribution in [0.2, 0.25) is 0 Å².